The Kier molecular flexibility index (Phi) is 0.881. The number of rotatable bonds is 0. The quantitative estimate of drug-likeness (QED) is 0.371. The van der Waals surface area contributed by atoms with Gasteiger partial charge < -0.3 is 0 Å². The lowest BCUT2D eigenvalue weighted by molar-refractivity contribution is -0.137. The van der Waals surface area contributed by atoms with Gasteiger partial charge in [0.2, 0.25) is 0 Å². The smallest absolute Gasteiger partial charge is 0.268 e. The van der Waals surface area contributed by atoms with Crippen LogP contribution in [0, 0.1) is 0 Å². The molecule has 0 aromatic carbocycles. The Balaban J connectivity index is 2.84. The Bertz CT molecular complexity index is 155. The summed E-state index contributed by atoms with van der Waals surface area (Å²) in [4.78, 5) is 20.3. The number of nitrogens with zero attached hydrogens (tertiary/aromatic N) is 2. The maximum atomic E-state index is 10.2. The van der Waals surface area contributed by atoms with Crippen molar-refractivity contribution in [1.82, 2.24) is 10.9 Å². The minimum atomic E-state index is -0.685. The Morgan fingerprint density at radius 1 is 1.25 bits per heavy atom. The van der Waals surface area contributed by atoms with E-state index in [-0.39, 0.29) is 5.01 Å². The third-order valence-electron chi connectivity index (χ3n) is 0.786. The third kappa shape index (κ3) is 0.509. The number of hydrogen-bond acceptors (Lipinski definition) is 2. The summed E-state index contributed by atoms with van der Waals surface area (Å²) in [5.41, 5.74) is 0. The van der Waals surface area contributed by atoms with Gasteiger partial charge in [-0.2, -0.15) is 5.01 Å². The van der Waals surface area contributed by atoms with Crippen molar-refractivity contribution in [2.75, 3.05) is 0 Å². The van der Waals surface area contributed by atoms with Gasteiger partial charge in [0, 0.05) is 18.0 Å². The maximum absolute atomic E-state index is 10.2. The molecule has 1 aliphatic rings. The van der Waals surface area contributed by atoms with Crippen molar-refractivity contribution in [3.05, 3.63) is 12.2 Å². The monoisotopic (exact) mass is 110 g/mol. The SMILES string of the molecule is [N]N1C(=O)C=CC1=O. The van der Waals surface area contributed by atoms with Crippen LogP contribution in [-0.4, -0.2) is 16.8 Å². The van der Waals surface area contributed by atoms with Crippen LogP contribution in [0.2, 0.25) is 0 Å². The lowest BCUT2D eigenvalue weighted by Gasteiger charge is -1.96. The molecular formula is C4H2N2O2. The molecule has 0 fully saturated rings. The summed E-state index contributed by atoms with van der Waals surface area (Å²) in [6.07, 6.45) is 2.00. The van der Waals surface area contributed by atoms with E-state index in [2.05, 4.69) is 0 Å². The normalized spacial score (nSPS) is 18.4. The van der Waals surface area contributed by atoms with E-state index >= 15 is 0 Å². The fraction of sp³-hybridized carbons (Fsp3) is 0. The second-order valence-electron chi connectivity index (χ2n) is 1.32. The van der Waals surface area contributed by atoms with Gasteiger partial charge in [-0.05, 0) is 0 Å². The highest BCUT2D eigenvalue weighted by Gasteiger charge is 2.20. The highest BCUT2D eigenvalue weighted by atomic mass is 16.2. The average Bonchev–Trinajstić information content (AvgIpc) is 1.98. The standard InChI is InChI=1S/C4H2N2O2/c5-6-3(7)1-2-4(6)8/h1-2H. The zero-order valence-electron chi connectivity index (χ0n) is 3.87. The van der Waals surface area contributed by atoms with Crippen LogP contribution in [0.3, 0.4) is 0 Å². The highest BCUT2D eigenvalue weighted by Crippen LogP contribution is 1.96. The van der Waals surface area contributed by atoms with Gasteiger partial charge >= 0.3 is 0 Å². The van der Waals surface area contributed by atoms with E-state index in [0.717, 1.165) is 12.2 Å². The van der Waals surface area contributed by atoms with E-state index in [0.29, 0.717) is 0 Å². The molecule has 0 aromatic heterocycles. The number of carbonyl (C=O) groups excluding carboxylic acids is 2. The highest BCUT2D eigenvalue weighted by molar-refractivity contribution is 6.12. The molecule has 0 atom stereocenters. The van der Waals surface area contributed by atoms with E-state index in [9.17, 15) is 9.59 Å². The number of amides is 2. The first-order valence-electron chi connectivity index (χ1n) is 1.97. The van der Waals surface area contributed by atoms with Crippen molar-refractivity contribution >= 4 is 11.8 Å². The van der Waals surface area contributed by atoms with E-state index in [1.807, 2.05) is 0 Å². The minimum Gasteiger partial charge on any atom is -0.268 e. The first-order chi connectivity index (χ1) is 3.72. The Morgan fingerprint density at radius 3 is 1.75 bits per heavy atom. The molecule has 0 saturated carbocycles. The molecule has 40 valence electrons. The van der Waals surface area contributed by atoms with Gasteiger partial charge in [-0.15, -0.1) is 0 Å². The summed E-state index contributed by atoms with van der Waals surface area (Å²) in [5, 5.41) is 0.0556. The van der Waals surface area contributed by atoms with Crippen molar-refractivity contribution < 1.29 is 9.59 Å². The lowest BCUT2D eigenvalue weighted by Crippen LogP contribution is -2.27. The molecule has 0 spiro atoms. The molecule has 0 saturated heterocycles. The van der Waals surface area contributed by atoms with Crippen LogP contribution in [0.25, 0.3) is 0 Å². The predicted octanol–water partition coefficient (Wildman–Crippen LogP) is -1.10. The summed E-state index contributed by atoms with van der Waals surface area (Å²) in [6.45, 7) is 0. The molecule has 0 unspecified atom stereocenters. The van der Waals surface area contributed by atoms with Crippen LogP contribution in [0.1, 0.15) is 0 Å². The molecule has 2 amide bonds. The first kappa shape index (κ1) is 4.99. The van der Waals surface area contributed by atoms with E-state index in [4.69, 9.17) is 5.84 Å². The lowest BCUT2D eigenvalue weighted by atomic mass is 10.6. The second kappa shape index (κ2) is 1.41. The topological polar surface area (TPSA) is 59.7 Å². The van der Waals surface area contributed by atoms with Crippen LogP contribution >= 0.6 is 0 Å². The molecule has 0 aliphatic carbocycles. The predicted molar refractivity (Wildman–Crippen MR) is 23.1 cm³/mol. The van der Waals surface area contributed by atoms with Gasteiger partial charge in [0.25, 0.3) is 11.8 Å². The third-order valence-corrected chi connectivity index (χ3v) is 0.786. The molecule has 4 nitrogen and oxygen atoms in total. The largest absolute Gasteiger partial charge is 0.270 e. The molecule has 1 aliphatic heterocycles. The van der Waals surface area contributed by atoms with E-state index in [1.54, 1.807) is 0 Å². The molecule has 8 heavy (non-hydrogen) atoms. The van der Waals surface area contributed by atoms with Crippen LogP contribution in [-0.2, 0) is 9.59 Å². The minimum absolute atomic E-state index is 0.0556. The van der Waals surface area contributed by atoms with Crippen molar-refractivity contribution in [3.63, 3.8) is 0 Å². The van der Waals surface area contributed by atoms with Crippen molar-refractivity contribution in [2.45, 2.75) is 0 Å². The van der Waals surface area contributed by atoms with Crippen LogP contribution in [0.15, 0.2) is 12.2 Å². The van der Waals surface area contributed by atoms with Gasteiger partial charge in [-0.3, -0.25) is 9.59 Å². The fourth-order valence-electron chi connectivity index (χ4n) is 0.392. The summed E-state index contributed by atoms with van der Waals surface area (Å²) >= 11 is 0. The zero-order chi connectivity index (χ0) is 6.15. The summed E-state index contributed by atoms with van der Waals surface area (Å²) in [7, 11) is 0. The molecule has 2 radical (unpaired) electrons. The molecule has 0 N–H and O–H groups in total. The average molecular weight is 110 g/mol. The summed E-state index contributed by atoms with van der Waals surface area (Å²) in [5.74, 6) is 6.97. The molecule has 1 heterocycles. The van der Waals surface area contributed by atoms with Crippen LogP contribution in [0.4, 0.5) is 0 Å². The number of imide groups is 1. The second-order valence-corrected chi connectivity index (χ2v) is 1.32. The van der Waals surface area contributed by atoms with Crippen molar-refractivity contribution in [1.29, 1.82) is 0 Å². The first-order valence-corrected chi connectivity index (χ1v) is 1.97. The van der Waals surface area contributed by atoms with E-state index < -0.39 is 11.8 Å². The fourth-order valence-corrected chi connectivity index (χ4v) is 0.392. The van der Waals surface area contributed by atoms with Gasteiger partial charge in [0.05, 0.1) is 0 Å². The van der Waals surface area contributed by atoms with Crippen LogP contribution in [0.5, 0.6) is 0 Å². The van der Waals surface area contributed by atoms with Gasteiger partial charge in [0.1, 0.15) is 0 Å². The molecule has 0 aromatic rings. The summed E-state index contributed by atoms with van der Waals surface area (Å²) in [6, 6.07) is 0. The number of carbonyl (C=O) groups is 2. The zero-order valence-corrected chi connectivity index (χ0v) is 3.87. The van der Waals surface area contributed by atoms with Gasteiger partial charge in [-0.1, -0.05) is 0 Å². The van der Waals surface area contributed by atoms with Crippen LogP contribution < -0.4 is 5.84 Å². The Morgan fingerprint density at radius 2 is 1.62 bits per heavy atom. The summed E-state index contributed by atoms with van der Waals surface area (Å²) < 4.78 is 0. The van der Waals surface area contributed by atoms with Crippen molar-refractivity contribution in [3.8, 4) is 0 Å². The number of hydrogen-bond donors (Lipinski definition) is 0. The molecule has 1 rings (SSSR count). The van der Waals surface area contributed by atoms with Gasteiger partial charge in [0.15, 0.2) is 0 Å². The Hall–Kier alpha value is -1.16. The van der Waals surface area contributed by atoms with E-state index in [1.165, 1.54) is 0 Å². The molecule has 4 heteroatoms. The molecular weight excluding hydrogens is 108 g/mol. The van der Waals surface area contributed by atoms with Crippen molar-refractivity contribution in [2.24, 2.45) is 0 Å². The van der Waals surface area contributed by atoms with Gasteiger partial charge in [-0.25, -0.2) is 0 Å². The maximum Gasteiger partial charge on any atom is 0.270 e. The Labute approximate surface area is 45.5 Å². The molecule has 0 bridgehead atoms.